The van der Waals surface area contributed by atoms with Gasteiger partial charge in [0, 0.05) is 29.3 Å². The Balaban J connectivity index is 1.36. The van der Waals surface area contributed by atoms with Gasteiger partial charge < -0.3 is 38.0 Å². The summed E-state index contributed by atoms with van der Waals surface area (Å²) in [5.41, 5.74) is 0.907. The van der Waals surface area contributed by atoms with Crippen LogP contribution in [-0.2, 0) is 34.5 Å². The van der Waals surface area contributed by atoms with Crippen molar-refractivity contribution in [3.05, 3.63) is 90.5 Å². The number of methoxy groups -OCH3 is 1. The third-order valence-corrected chi connectivity index (χ3v) is 23.7. The molecule has 332 valence electrons. The van der Waals surface area contributed by atoms with Gasteiger partial charge in [0.15, 0.2) is 8.32 Å². The predicted molar refractivity (Wildman–Crippen MR) is 252 cm³/mol. The SMILES string of the molecule is COc1ccc(CO[C@@H]2[C@@H](C)[C@H](C(=O)[C@@]3(O)C[C@H](O[Si](C)(C)C(C)(C)C)[C@@H](C)[C@@H](CCCCO[Si](c4ccccc4)(c4ccccc4)C(C)(C)C)O3)O[C@H](CI)[C@H]2O)cc1. The molecule has 0 spiro atoms. The van der Waals surface area contributed by atoms with Gasteiger partial charge in [0.1, 0.15) is 18.0 Å². The maximum atomic E-state index is 14.8. The standard InChI is InChI=1S/C48H71IO9Si2/c1-33-39(24-18-19-29-55-60(47(6,7)8,37-20-14-12-15-21-37)38-22-16-13-17-23-38)57-48(52,30-40(33)58-59(10,11)46(3,4)5)45(51)44-34(2)43(42(50)41(31-49)56-44)54-32-35-25-27-36(53-9)28-26-35/h12-17,20-23,25-28,33-34,39-44,50,52H,18-19,24,29-32H2,1-11H3/t33-,34+,39+,40-,41+,42+,43+,44+,48+/m0/s1. The molecule has 2 heterocycles. The van der Waals surface area contributed by atoms with Gasteiger partial charge in [-0.25, -0.2) is 0 Å². The van der Waals surface area contributed by atoms with Crippen LogP contribution in [0.3, 0.4) is 0 Å². The summed E-state index contributed by atoms with van der Waals surface area (Å²) < 4.78 is 39.3. The van der Waals surface area contributed by atoms with E-state index >= 15 is 0 Å². The second-order valence-electron chi connectivity index (χ2n) is 19.5. The third kappa shape index (κ3) is 10.8. The number of hydrogen-bond acceptors (Lipinski definition) is 9. The Hall–Kier alpha value is -1.99. The maximum absolute atomic E-state index is 14.8. The summed E-state index contributed by atoms with van der Waals surface area (Å²) in [6.45, 7) is 22.6. The Morgan fingerprint density at radius 3 is 1.95 bits per heavy atom. The number of alkyl halides is 1. The number of ketones is 1. The first-order valence-corrected chi connectivity index (χ1v) is 28.0. The molecule has 12 heteroatoms. The van der Waals surface area contributed by atoms with Crippen molar-refractivity contribution in [3.63, 3.8) is 0 Å². The number of carbonyl (C=O) groups is 1. The van der Waals surface area contributed by atoms with Crippen LogP contribution in [0.5, 0.6) is 5.75 Å². The first-order chi connectivity index (χ1) is 28.2. The van der Waals surface area contributed by atoms with Gasteiger partial charge in [0.2, 0.25) is 11.6 Å². The Kier molecular flexibility index (Phi) is 16.5. The highest BCUT2D eigenvalue weighted by atomic mass is 127. The fourth-order valence-corrected chi connectivity index (χ4v) is 15.4. The molecule has 3 aromatic rings. The van der Waals surface area contributed by atoms with Crippen LogP contribution < -0.4 is 15.1 Å². The Morgan fingerprint density at radius 1 is 0.850 bits per heavy atom. The van der Waals surface area contributed by atoms with Gasteiger partial charge in [0.05, 0.1) is 38.1 Å². The smallest absolute Gasteiger partial charge is 0.261 e. The summed E-state index contributed by atoms with van der Waals surface area (Å²) in [5.74, 6) is -2.63. The molecule has 0 radical (unpaired) electrons. The zero-order chi connectivity index (χ0) is 44.1. The van der Waals surface area contributed by atoms with Crippen LogP contribution in [-0.4, -0.2) is 93.2 Å². The number of Topliss-reactive ketones (excluding diaryl/α,β-unsaturated/α-hetero) is 1. The number of carbonyl (C=O) groups excluding carboxylic acids is 1. The predicted octanol–water partition coefficient (Wildman–Crippen LogP) is 8.60. The van der Waals surface area contributed by atoms with Gasteiger partial charge in [-0.3, -0.25) is 4.79 Å². The van der Waals surface area contributed by atoms with Crippen LogP contribution in [0.2, 0.25) is 23.2 Å². The molecule has 0 bridgehead atoms. The van der Waals surface area contributed by atoms with Gasteiger partial charge >= 0.3 is 0 Å². The molecule has 3 aromatic carbocycles. The normalized spacial score (nSPS) is 28.0. The van der Waals surface area contributed by atoms with Crippen LogP contribution in [0, 0.1) is 11.8 Å². The van der Waals surface area contributed by atoms with Crippen LogP contribution in [0.25, 0.3) is 0 Å². The van der Waals surface area contributed by atoms with E-state index in [0.29, 0.717) is 17.5 Å². The molecule has 5 rings (SSSR count). The van der Waals surface area contributed by atoms with E-state index in [4.69, 9.17) is 27.8 Å². The number of hydrogen-bond donors (Lipinski definition) is 2. The number of benzene rings is 3. The lowest BCUT2D eigenvalue weighted by atomic mass is 9.80. The van der Waals surface area contributed by atoms with E-state index < -0.39 is 70.7 Å². The molecule has 2 saturated heterocycles. The third-order valence-electron chi connectivity index (χ3n) is 13.3. The van der Waals surface area contributed by atoms with Crippen molar-refractivity contribution in [3.8, 4) is 5.75 Å². The molecule has 9 nitrogen and oxygen atoms in total. The molecular formula is C48H71IO9Si2. The average molecular weight is 975 g/mol. The zero-order valence-corrected chi connectivity index (χ0v) is 41.9. The number of ether oxygens (including phenoxy) is 4. The van der Waals surface area contributed by atoms with E-state index in [1.165, 1.54) is 10.4 Å². The molecule has 2 fully saturated rings. The first kappa shape index (κ1) is 49.0. The highest BCUT2D eigenvalue weighted by molar-refractivity contribution is 14.1. The number of unbranched alkanes of at least 4 members (excludes halogenated alkanes) is 1. The zero-order valence-electron chi connectivity index (χ0n) is 37.8. The van der Waals surface area contributed by atoms with Crippen molar-refractivity contribution in [2.45, 2.75) is 153 Å². The van der Waals surface area contributed by atoms with Crippen molar-refractivity contribution >= 4 is 55.4 Å². The molecule has 2 N–H and O–H groups in total. The second-order valence-corrected chi connectivity index (χ2v) is 29.5. The molecule has 60 heavy (non-hydrogen) atoms. The fourth-order valence-electron chi connectivity index (χ4n) is 8.63. The van der Waals surface area contributed by atoms with Crippen molar-refractivity contribution in [2.24, 2.45) is 11.8 Å². The first-order valence-electron chi connectivity index (χ1n) is 21.7. The number of halogens is 1. The largest absolute Gasteiger partial charge is 0.497 e. The highest BCUT2D eigenvalue weighted by Gasteiger charge is 2.57. The van der Waals surface area contributed by atoms with E-state index in [2.05, 4.69) is 145 Å². The highest BCUT2D eigenvalue weighted by Crippen LogP contribution is 2.44. The lowest BCUT2D eigenvalue weighted by Crippen LogP contribution is -2.66. The quantitative estimate of drug-likeness (QED) is 0.0595. The lowest BCUT2D eigenvalue weighted by Gasteiger charge is -2.50. The lowest BCUT2D eigenvalue weighted by molar-refractivity contribution is -0.283. The van der Waals surface area contributed by atoms with Crippen LogP contribution in [0.15, 0.2) is 84.9 Å². The van der Waals surface area contributed by atoms with Gasteiger partial charge in [-0.2, -0.15) is 0 Å². The van der Waals surface area contributed by atoms with Crippen molar-refractivity contribution < 1.29 is 42.8 Å². The monoisotopic (exact) mass is 974 g/mol. The molecular weight excluding hydrogens is 904 g/mol. The summed E-state index contributed by atoms with van der Waals surface area (Å²) in [5, 5.41) is 26.2. The molecule has 2 aliphatic rings. The molecule has 0 amide bonds. The summed E-state index contributed by atoms with van der Waals surface area (Å²) in [4.78, 5) is 14.8. The Labute approximate surface area is 375 Å². The van der Waals surface area contributed by atoms with E-state index in [-0.39, 0.29) is 29.0 Å². The van der Waals surface area contributed by atoms with Gasteiger partial charge in [-0.1, -0.05) is 151 Å². The fraction of sp³-hybridized carbons (Fsp3) is 0.604. The number of aliphatic hydroxyl groups excluding tert-OH is 1. The number of aliphatic hydroxyl groups is 2. The molecule has 9 atom stereocenters. The molecule has 0 saturated carbocycles. The number of rotatable bonds is 17. The van der Waals surface area contributed by atoms with Gasteiger partial charge in [-0.15, -0.1) is 0 Å². The maximum Gasteiger partial charge on any atom is 0.261 e. The minimum atomic E-state index is -2.70. The summed E-state index contributed by atoms with van der Waals surface area (Å²) in [6.07, 6.45) is -2.14. The van der Waals surface area contributed by atoms with Gasteiger partial charge in [0.25, 0.3) is 8.32 Å². The Morgan fingerprint density at radius 2 is 1.43 bits per heavy atom. The van der Waals surface area contributed by atoms with Crippen molar-refractivity contribution in [2.75, 3.05) is 18.1 Å². The van der Waals surface area contributed by atoms with Gasteiger partial charge in [-0.05, 0) is 70.5 Å². The van der Waals surface area contributed by atoms with E-state index in [0.717, 1.165) is 24.2 Å². The van der Waals surface area contributed by atoms with Crippen LogP contribution >= 0.6 is 22.6 Å². The minimum Gasteiger partial charge on any atom is -0.497 e. The van der Waals surface area contributed by atoms with Crippen molar-refractivity contribution in [1.82, 2.24) is 0 Å². The summed E-state index contributed by atoms with van der Waals surface area (Å²) in [7, 11) is -3.41. The molecule has 0 aromatic heterocycles. The van der Waals surface area contributed by atoms with E-state index in [1.807, 2.05) is 31.2 Å². The van der Waals surface area contributed by atoms with Crippen LogP contribution in [0.4, 0.5) is 0 Å². The molecule has 0 aliphatic carbocycles. The topological polar surface area (TPSA) is 113 Å². The molecule has 2 aliphatic heterocycles. The Bertz CT molecular complexity index is 1760. The average Bonchev–Trinajstić information content (AvgIpc) is 3.20. The molecule has 0 unspecified atom stereocenters. The minimum absolute atomic E-state index is 0.00557. The second kappa shape index (κ2) is 20.2. The van der Waals surface area contributed by atoms with Crippen molar-refractivity contribution in [1.29, 1.82) is 0 Å². The van der Waals surface area contributed by atoms with Crippen LogP contribution in [0.1, 0.15) is 86.6 Å². The summed E-state index contributed by atoms with van der Waals surface area (Å²) >= 11 is 2.16. The van der Waals surface area contributed by atoms with E-state index in [9.17, 15) is 15.0 Å². The van der Waals surface area contributed by atoms with E-state index in [1.54, 1.807) is 7.11 Å². The summed E-state index contributed by atoms with van der Waals surface area (Å²) in [6, 6.07) is 28.9.